The van der Waals surface area contributed by atoms with Gasteiger partial charge in [0.15, 0.2) is 5.58 Å². The van der Waals surface area contributed by atoms with Gasteiger partial charge in [0.1, 0.15) is 11.5 Å². The molecule has 0 unspecified atom stereocenters. The molecule has 0 fully saturated rings. The fourth-order valence-electron chi connectivity index (χ4n) is 5.63. The zero-order valence-electron chi connectivity index (χ0n) is 23.5. The smallest absolute Gasteiger partial charge is 0.204 e. The number of aryl methyl sites for hydroxylation is 6. The van der Waals surface area contributed by atoms with E-state index < -0.39 is 7.14 Å². The number of rotatable bonds is 5. The number of benzene rings is 4. The third-order valence-electron chi connectivity index (χ3n) is 7.47. The predicted molar refractivity (Wildman–Crippen MR) is 163 cm³/mol. The Morgan fingerprint density at radius 3 is 1.69 bits per heavy atom. The van der Waals surface area contributed by atoms with E-state index in [1.165, 1.54) is 0 Å². The van der Waals surface area contributed by atoms with Crippen LogP contribution in [0.3, 0.4) is 0 Å². The molecule has 200 valence electrons. The minimum Gasteiger partial charge on any atom is -0.496 e. The van der Waals surface area contributed by atoms with Gasteiger partial charge in [0, 0.05) is 16.3 Å². The summed E-state index contributed by atoms with van der Waals surface area (Å²) in [5.41, 5.74) is 8.21. The molecule has 1 N–H and O–H groups in total. The number of fused-ring (bicyclic) bond motifs is 2. The molecule has 1 heterocycles. The van der Waals surface area contributed by atoms with Crippen LogP contribution in [-0.2, 0) is 17.4 Å². The lowest BCUT2D eigenvalue weighted by Gasteiger charge is -2.26. The van der Waals surface area contributed by atoms with Gasteiger partial charge in [-0.2, -0.15) is 0 Å². The number of hydrogen-bond acceptors (Lipinski definition) is 5. The molecule has 39 heavy (non-hydrogen) atoms. The first-order valence-corrected chi connectivity index (χ1v) is 14.9. The zero-order chi connectivity index (χ0) is 27.7. The predicted octanol–water partition coefficient (Wildman–Crippen LogP) is 7.15. The molecule has 1 aliphatic rings. The Balaban J connectivity index is 1.86. The Kier molecular flexibility index (Phi) is 7.38. The van der Waals surface area contributed by atoms with E-state index in [2.05, 4.69) is 17.4 Å². The van der Waals surface area contributed by atoms with Gasteiger partial charge in [-0.15, -0.1) is 0 Å². The van der Waals surface area contributed by atoms with Crippen LogP contribution >= 0.6 is 7.14 Å². The molecule has 5 nitrogen and oxygen atoms in total. The largest absolute Gasteiger partial charge is 0.496 e. The van der Waals surface area contributed by atoms with E-state index in [-0.39, 0.29) is 0 Å². The van der Waals surface area contributed by atoms with Gasteiger partial charge in [-0.1, -0.05) is 36.4 Å². The van der Waals surface area contributed by atoms with Gasteiger partial charge in [-0.05, 0) is 110 Å². The molecule has 0 atom stereocenters. The number of nitrogens with one attached hydrogen (secondary N) is 1. The Bertz CT molecular complexity index is 1530. The van der Waals surface area contributed by atoms with Crippen molar-refractivity contribution < 1.29 is 14.0 Å². The summed E-state index contributed by atoms with van der Waals surface area (Å²) in [7, 11) is -0.179. The molecular formula is C33H35N2O3P. The minimum atomic E-state index is -3.52. The lowest BCUT2D eigenvalue weighted by Crippen LogP contribution is -2.28. The van der Waals surface area contributed by atoms with Crippen LogP contribution in [0.15, 0.2) is 77.8 Å². The highest BCUT2D eigenvalue weighted by Crippen LogP contribution is 2.49. The van der Waals surface area contributed by atoms with E-state index in [9.17, 15) is 0 Å². The quantitative estimate of drug-likeness (QED) is 0.274. The maximum atomic E-state index is 15.9. The lowest BCUT2D eigenvalue weighted by molar-refractivity contribution is 0.408. The van der Waals surface area contributed by atoms with Crippen LogP contribution in [0, 0.1) is 27.7 Å². The van der Waals surface area contributed by atoms with E-state index in [0.29, 0.717) is 16.2 Å². The number of amidine groups is 1. The van der Waals surface area contributed by atoms with E-state index in [4.69, 9.17) is 14.5 Å². The molecule has 6 heteroatoms. The molecule has 0 spiro atoms. The fourth-order valence-corrected chi connectivity index (χ4v) is 8.44. The number of nitrogens with zero attached hydrogens (tertiary/aromatic N) is 1. The number of methoxy groups -OCH3 is 2. The Morgan fingerprint density at radius 2 is 1.15 bits per heavy atom. The third kappa shape index (κ3) is 4.88. The van der Waals surface area contributed by atoms with Gasteiger partial charge in [0.05, 0.1) is 19.9 Å². The molecule has 0 aliphatic carbocycles. The molecule has 4 aromatic carbocycles. The van der Waals surface area contributed by atoms with Gasteiger partial charge >= 0.3 is 0 Å². The van der Waals surface area contributed by atoms with E-state index >= 15 is 4.57 Å². The maximum absolute atomic E-state index is 15.9. The minimum absolute atomic E-state index is 0.442. The number of para-hydroxylation sites is 2. The van der Waals surface area contributed by atoms with Crippen LogP contribution in [0.25, 0.3) is 0 Å². The molecule has 0 saturated heterocycles. The zero-order valence-corrected chi connectivity index (χ0v) is 24.4. The standard InChI is InChI=1S/C33H35N2O3P/c1-21-17-27(18-22(2)31(21)37-5)39(36,28-19-23(3)32(38-6)24(4)20-28)33-34-29-13-9-7-11-25(29)15-16-26-12-8-10-14-30(26)35-33/h7-14,17-20H,15-16H2,1-6H3,(H,34,35). The van der Waals surface area contributed by atoms with Crippen LogP contribution in [-0.4, -0.2) is 19.8 Å². The second kappa shape index (κ2) is 10.7. The summed E-state index contributed by atoms with van der Waals surface area (Å²) in [6.45, 7) is 7.97. The Morgan fingerprint density at radius 1 is 0.692 bits per heavy atom. The first kappa shape index (κ1) is 26.8. The van der Waals surface area contributed by atoms with Crippen LogP contribution in [0.2, 0.25) is 0 Å². The Labute approximate surface area is 231 Å². The third-order valence-corrected chi connectivity index (χ3v) is 10.2. The van der Waals surface area contributed by atoms with Crippen LogP contribution in [0.1, 0.15) is 33.4 Å². The second-order valence-electron chi connectivity index (χ2n) is 10.2. The van der Waals surface area contributed by atoms with Crippen molar-refractivity contribution in [3.63, 3.8) is 0 Å². The average Bonchev–Trinajstić information content (AvgIpc) is 2.99. The SMILES string of the molecule is COc1c(C)cc(P(=O)(C2=Nc3ccccc3CCc3ccccc3N2)c2cc(C)c(OC)c(C)c2)cc1C. The summed E-state index contributed by atoms with van der Waals surface area (Å²) in [6, 6.07) is 24.3. The van der Waals surface area contributed by atoms with Crippen molar-refractivity contribution in [2.75, 3.05) is 19.5 Å². The maximum Gasteiger partial charge on any atom is 0.204 e. The molecule has 0 saturated carbocycles. The van der Waals surface area contributed by atoms with Gasteiger partial charge in [0.2, 0.25) is 7.14 Å². The Hall–Kier alpha value is -3.82. The van der Waals surface area contributed by atoms with E-state index in [0.717, 1.165) is 69.1 Å². The van der Waals surface area contributed by atoms with Gasteiger partial charge < -0.3 is 19.4 Å². The van der Waals surface area contributed by atoms with Crippen molar-refractivity contribution in [3.8, 4) is 11.5 Å². The van der Waals surface area contributed by atoms with Gasteiger partial charge in [-0.25, -0.2) is 4.99 Å². The number of aliphatic imine (C=N–C) groups is 1. The van der Waals surface area contributed by atoms with Crippen molar-refractivity contribution in [1.82, 2.24) is 0 Å². The molecule has 1 aliphatic heterocycles. The molecule has 5 rings (SSSR count). The van der Waals surface area contributed by atoms with Crippen molar-refractivity contribution in [1.29, 1.82) is 0 Å². The highest BCUT2D eigenvalue weighted by molar-refractivity contribution is 7.93. The summed E-state index contributed by atoms with van der Waals surface area (Å²) in [5.74, 6) is 1.60. The van der Waals surface area contributed by atoms with E-state index in [1.54, 1.807) is 14.2 Å². The molecular weight excluding hydrogens is 503 g/mol. The summed E-state index contributed by atoms with van der Waals surface area (Å²) in [4.78, 5) is 5.17. The normalized spacial score (nSPS) is 13.1. The second-order valence-corrected chi connectivity index (χ2v) is 12.9. The molecule has 0 aromatic heterocycles. The molecule has 0 amide bonds. The summed E-state index contributed by atoms with van der Waals surface area (Å²) < 4.78 is 27.2. The number of anilines is 1. The first-order chi connectivity index (χ1) is 18.8. The van der Waals surface area contributed by atoms with Crippen molar-refractivity contribution in [2.45, 2.75) is 40.5 Å². The highest BCUT2D eigenvalue weighted by atomic mass is 31.2. The summed E-state index contributed by atoms with van der Waals surface area (Å²) >= 11 is 0. The molecule has 4 aromatic rings. The van der Waals surface area contributed by atoms with Crippen molar-refractivity contribution in [2.24, 2.45) is 4.99 Å². The average molecular weight is 539 g/mol. The number of hydrogen-bond donors (Lipinski definition) is 1. The number of ether oxygens (including phenoxy) is 2. The fraction of sp³-hybridized carbons (Fsp3) is 0.242. The van der Waals surface area contributed by atoms with Crippen LogP contribution < -0.4 is 25.4 Å². The van der Waals surface area contributed by atoms with E-state index in [1.807, 2.05) is 88.4 Å². The van der Waals surface area contributed by atoms with Crippen molar-refractivity contribution in [3.05, 3.63) is 106 Å². The topological polar surface area (TPSA) is 59.9 Å². The van der Waals surface area contributed by atoms with Crippen LogP contribution in [0.4, 0.5) is 11.4 Å². The lowest BCUT2D eigenvalue weighted by atomic mass is 10.0. The van der Waals surface area contributed by atoms with Crippen molar-refractivity contribution >= 4 is 34.7 Å². The molecule has 0 radical (unpaired) electrons. The molecule has 0 bridgehead atoms. The first-order valence-electron chi connectivity index (χ1n) is 13.2. The van der Waals surface area contributed by atoms with Gasteiger partial charge in [0.25, 0.3) is 0 Å². The summed E-state index contributed by atoms with van der Waals surface area (Å²) in [6.07, 6.45) is 1.70. The van der Waals surface area contributed by atoms with Gasteiger partial charge in [-0.3, -0.25) is 0 Å². The highest BCUT2D eigenvalue weighted by Gasteiger charge is 2.37. The monoisotopic (exact) mass is 538 g/mol. The van der Waals surface area contributed by atoms with Crippen LogP contribution in [0.5, 0.6) is 11.5 Å². The summed E-state index contributed by atoms with van der Waals surface area (Å²) in [5, 5.41) is 5.00.